The molecule has 92 valence electrons. The van der Waals surface area contributed by atoms with Crippen LogP contribution in [0, 0.1) is 0 Å². The Labute approximate surface area is 100 Å². The van der Waals surface area contributed by atoms with Crippen molar-refractivity contribution < 1.29 is 9.90 Å². The summed E-state index contributed by atoms with van der Waals surface area (Å²) in [4.78, 5) is 21.0. The summed E-state index contributed by atoms with van der Waals surface area (Å²) in [5, 5.41) is 8.92. The standard InChI is InChI=1S/C12H17N3O2/c1-2-9-5-3-4-6-15(9)11-7-10(12(16)17)13-8-14-11/h7-9H,2-6H2,1H3,(H,16,17)/t9-/m1/s1. The first-order chi connectivity index (χ1) is 8.22. The first-order valence-corrected chi connectivity index (χ1v) is 6.04. The van der Waals surface area contributed by atoms with E-state index >= 15 is 0 Å². The molecule has 1 aromatic rings. The van der Waals surface area contributed by atoms with Crippen LogP contribution in [0.4, 0.5) is 5.82 Å². The van der Waals surface area contributed by atoms with Gasteiger partial charge in [0.25, 0.3) is 0 Å². The van der Waals surface area contributed by atoms with Gasteiger partial charge in [-0.05, 0) is 25.7 Å². The van der Waals surface area contributed by atoms with Gasteiger partial charge in [-0.1, -0.05) is 6.92 Å². The van der Waals surface area contributed by atoms with Gasteiger partial charge in [-0.25, -0.2) is 14.8 Å². The van der Waals surface area contributed by atoms with Gasteiger partial charge >= 0.3 is 5.97 Å². The van der Waals surface area contributed by atoms with Gasteiger partial charge in [0.15, 0.2) is 5.69 Å². The van der Waals surface area contributed by atoms with E-state index in [1.807, 2.05) is 0 Å². The molecule has 1 N–H and O–H groups in total. The molecule has 0 aromatic carbocycles. The molecule has 1 aliphatic rings. The van der Waals surface area contributed by atoms with Gasteiger partial charge in [0.2, 0.25) is 0 Å². The number of piperidine rings is 1. The molecular formula is C12H17N3O2. The molecule has 0 saturated carbocycles. The lowest BCUT2D eigenvalue weighted by Gasteiger charge is -2.36. The summed E-state index contributed by atoms with van der Waals surface area (Å²) in [5.41, 5.74) is 0.0652. The normalized spacial score (nSPS) is 20.3. The molecule has 1 aromatic heterocycles. The van der Waals surface area contributed by atoms with Crippen molar-refractivity contribution in [1.29, 1.82) is 0 Å². The Balaban J connectivity index is 2.25. The second-order valence-electron chi connectivity index (χ2n) is 4.32. The lowest BCUT2D eigenvalue weighted by atomic mass is 10.00. The SMILES string of the molecule is CC[C@@H]1CCCCN1c1cc(C(=O)O)ncn1. The van der Waals surface area contributed by atoms with Crippen molar-refractivity contribution in [2.24, 2.45) is 0 Å². The van der Waals surface area contributed by atoms with E-state index in [2.05, 4.69) is 21.8 Å². The second-order valence-corrected chi connectivity index (χ2v) is 4.32. The molecule has 2 rings (SSSR count). The zero-order valence-electron chi connectivity index (χ0n) is 9.96. The molecule has 17 heavy (non-hydrogen) atoms. The highest BCUT2D eigenvalue weighted by atomic mass is 16.4. The number of hydrogen-bond donors (Lipinski definition) is 1. The van der Waals surface area contributed by atoms with Crippen LogP contribution >= 0.6 is 0 Å². The van der Waals surface area contributed by atoms with Gasteiger partial charge in [-0.3, -0.25) is 0 Å². The van der Waals surface area contributed by atoms with Gasteiger partial charge in [-0.2, -0.15) is 0 Å². The van der Waals surface area contributed by atoms with Crippen molar-refractivity contribution in [3.05, 3.63) is 18.1 Å². The van der Waals surface area contributed by atoms with Gasteiger partial charge in [0.05, 0.1) is 0 Å². The van der Waals surface area contributed by atoms with E-state index < -0.39 is 5.97 Å². The number of aromatic carboxylic acids is 1. The van der Waals surface area contributed by atoms with Crippen LogP contribution in [0.5, 0.6) is 0 Å². The quantitative estimate of drug-likeness (QED) is 0.867. The molecule has 0 radical (unpaired) electrons. The van der Waals surface area contributed by atoms with Crippen LogP contribution < -0.4 is 4.90 Å². The van der Waals surface area contributed by atoms with Gasteiger partial charge in [-0.15, -0.1) is 0 Å². The van der Waals surface area contributed by atoms with Crippen LogP contribution in [0.25, 0.3) is 0 Å². The van der Waals surface area contributed by atoms with Crippen LogP contribution in [-0.2, 0) is 0 Å². The zero-order chi connectivity index (χ0) is 12.3. The fourth-order valence-corrected chi connectivity index (χ4v) is 2.35. The number of anilines is 1. The minimum absolute atomic E-state index is 0.0652. The fraction of sp³-hybridized carbons (Fsp3) is 0.583. The molecule has 0 aliphatic carbocycles. The third kappa shape index (κ3) is 2.54. The summed E-state index contributed by atoms with van der Waals surface area (Å²) in [6.45, 7) is 3.11. The van der Waals surface area contributed by atoms with Gasteiger partial charge in [0.1, 0.15) is 12.1 Å². The molecule has 1 atom stereocenters. The average molecular weight is 235 g/mol. The first-order valence-electron chi connectivity index (χ1n) is 6.04. The molecule has 5 nitrogen and oxygen atoms in total. The molecule has 1 saturated heterocycles. The Morgan fingerprint density at radius 3 is 3.06 bits per heavy atom. The summed E-state index contributed by atoms with van der Waals surface area (Å²) in [6, 6.07) is 2.04. The predicted molar refractivity (Wildman–Crippen MR) is 64.3 cm³/mol. The number of aromatic nitrogens is 2. The van der Waals surface area contributed by atoms with E-state index in [-0.39, 0.29) is 5.69 Å². The Hall–Kier alpha value is -1.65. The summed E-state index contributed by atoms with van der Waals surface area (Å²) in [7, 11) is 0. The van der Waals surface area contributed by atoms with Crippen molar-refractivity contribution in [1.82, 2.24) is 9.97 Å². The lowest BCUT2D eigenvalue weighted by Crippen LogP contribution is -2.39. The highest BCUT2D eigenvalue weighted by molar-refractivity contribution is 5.86. The molecule has 5 heteroatoms. The van der Waals surface area contributed by atoms with Crippen LogP contribution in [0.3, 0.4) is 0 Å². The van der Waals surface area contributed by atoms with E-state index in [0.717, 1.165) is 31.6 Å². The maximum atomic E-state index is 10.9. The third-order valence-electron chi connectivity index (χ3n) is 3.26. The summed E-state index contributed by atoms with van der Waals surface area (Å²) >= 11 is 0. The van der Waals surface area contributed by atoms with Crippen molar-refractivity contribution >= 4 is 11.8 Å². The average Bonchev–Trinajstić information content (AvgIpc) is 2.39. The Bertz CT molecular complexity index is 408. The van der Waals surface area contributed by atoms with Gasteiger partial charge < -0.3 is 10.0 Å². The highest BCUT2D eigenvalue weighted by Crippen LogP contribution is 2.24. The monoisotopic (exact) mass is 235 g/mol. The lowest BCUT2D eigenvalue weighted by molar-refractivity contribution is 0.0690. The summed E-state index contributed by atoms with van der Waals surface area (Å²) < 4.78 is 0. The molecule has 2 heterocycles. The Kier molecular flexibility index (Phi) is 3.56. The Morgan fingerprint density at radius 2 is 2.35 bits per heavy atom. The zero-order valence-corrected chi connectivity index (χ0v) is 9.96. The Morgan fingerprint density at radius 1 is 1.53 bits per heavy atom. The van der Waals surface area contributed by atoms with Crippen molar-refractivity contribution in [2.45, 2.75) is 38.6 Å². The van der Waals surface area contributed by atoms with Crippen LogP contribution in [0.2, 0.25) is 0 Å². The largest absolute Gasteiger partial charge is 0.477 e. The van der Waals surface area contributed by atoms with E-state index in [4.69, 9.17) is 5.11 Å². The van der Waals surface area contributed by atoms with Crippen molar-refractivity contribution in [3.8, 4) is 0 Å². The third-order valence-corrected chi connectivity index (χ3v) is 3.26. The maximum absolute atomic E-state index is 10.9. The van der Waals surface area contributed by atoms with Crippen LogP contribution in [0.1, 0.15) is 43.1 Å². The molecular weight excluding hydrogens is 218 g/mol. The van der Waals surface area contributed by atoms with E-state index in [9.17, 15) is 4.79 Å². The summed E-state index contributed by atoms with van der Waals surface area (Å²) in [6.07, 6.45) is 5.93. The van der Waals surface area contributed by atoms with Crippen LogP contribution in [-0.4, -0.2) is 33.6 Å². The number of carbonyl (C=O) groups is 1. The van der Waals surface area contributed by atoms with E-state index in [1.54, 1.807) is 6.07 Å². The molecule has 0 unspecified atom stereocenters. The molecule has 1 aliphatic heterocycles. The van der Waals surface area contributed by atoms with Gasteiger partial charge in [0, 0.05) is 18.7 Å². The minimum atomic E-state index is -1.00. The maximum Gasteiger partial charge on any atom is 0.354 e. The smallest absolute Gasteiger partial charge is 0.354 e. The number of nitrogens with zero attached hydrogens (tertiary/aromatic N) is 3. The van der Waals surface area contributed by atoms with E-state index in [0.29, 0.717) is 6.04 Å². The number of carboxylic acids is 1. The number of carboxylic acid groups (broad SMARTS) is 1. The number of hydrogen-bond acceptors (Lipinski definition) is 4. The van der Waals surface area contributed by atoms with Crippen molar-refractivity contribution in [2.75, 3.05) is 11.4 Å². The molecule has 0 spiro atoms. The molecule has 0 amide bonds. The molecule has 1 fully saturated rings. The number of rotatable bonds is 3. The summed E-state index contributed by atoms with van der Waals surface area (Å²) in [5.74, 6) is -0.261. The topological polar surface area (TPSA) is 66.3 Å². The predicted octanol–water partition coefficient (Wildman–Crippen LogP) is 1.94. The highest BCUT2D eigenvalue weighted by Gasteiger charge is 2.22. The molecule has 0 bridgehead atoms. The minimum Gasteiger partial charge on any atom is -0.477 e. The van der Waals surface area contributed by atoms with Crippen molar-refractivity contribution in [3.63, 3.8) is 0 Å². The first kappa shape index (κ1) is 11.8. The fourth-order valence-electron chi connectivity index (χ4n) is 2.35. The second kappa shape index (κ2) is 5.12. The van der Waals surface area contributed by atoms with Crippen LogP contribution in [0.15, 0.2) is 12.4 Å². The van der Waals surface area contributed by atoms with E-state index in [1.165, 1.54) is 12.7 Å².